The molecule has 0 spiro atoms. The zero-order valence-electron chi connectivity index (χ0n) is 7.43. The Morgan fingerprint density at radius 3 is 2.54 bits per heavy atom. The van der Waals surface area contributed by atoms with Crippen LogP contribution in [0, 0.1) is 0 Å². The van der Waals surface area contributed by atoms with Crippen molar-refractivity contribution < 1.29 is 5.11 Å². The lowest BCUT2D eigenvalue weighted by atomic mass is 10.1. The fourth-order valence-corrected chi connectivity index (χ4v) is 1.40. The molecule has 0 aliphatic carbocycles. The molecule has 1 aromatic rings. The Bertz CT molecular complexity index is 286. The molecule has 1 rings (SSSR count). The number of hydrogen-bond donors (Lipinski definition) is 1. The largest absolute Gasteiger partial charge is 0.393 e. The van der Waals surface area contributed by atoms with Crippen molar-refractivity contribution in [2.24, 2.45) is 0 Å². The van der Waals surface area contributed by atoms with E-state index in [1.54, 1.807) is 12.1 Å². The van der Waals surface area contributed by atoms with Crippen molar-refractivity contribution in [2.75, 3.05) is 0 Å². The van der Waals surface area contributed by atoms with Gasteiger partial charge in [-0.2, -0.15) is 0 Å². The number of halogens is 2. The van der Waals surface area contributed by atoms with Crippen molar-refractivity contribution >= 4 is 23.2 Å². The zero-order chi connectivity index (χ0) is 9.84. The van der Waals surface area contributed by atoms with Crippen molar-refractivity contribution in [3.8, 4) is 0 Å². The normalized spacial score (nSPS) is 12.9. The van der Waals surface area contributed by atoms with Crippen LogP contribution in [0.4, 0.5) is 0 Å². The van der Waals surface area contributed by atoms with Gasteiger partial charge in [0.05, 0.1) is 16.1 Å². The number of aliphatic hydroxyl groups excluding tert-OH is 1. The third-order valence-corrected chi connectivity index (χ3v) is 2.67. The standard InChI is InChI=1S/C10H12Cl2O/c1-2-8(13)5-7-3-4-9(11)10(12)6-7/h3-4,6,8,13H,2,5H2,1H3/t8-/m1/s1. The lowest BCUT2D eigenvalue weighted by molar-refractivity contribution is 0.171. The Kier molecular flexibility index (Phi) is 4.04. The summed E-state index contributed by atoms with van der Waals surface area (Å²) in [4.78, 5) is 0. The average Bonchev–Trinajstić information content (AvgIpc) is 2.11. The molecule has 1 atom stereocenters. The Morgan fingerprint density at radius 1 is 1.31 bits per heavy atom. The number of hydrogen-bond acceptors (Lipinski definition) is 1. The summed E-state index contributed by atoms with van der Waals surface area (Å²) in [6.07, 6.45) is 1.09. The third kappa shape index (κ3) is 3.18. The van der Waals surface area contributed by atoms with E-state index in [1.807, 2.05) is 13.0 Å². The summed E-state index contributed by atoms with van der Waals surface area (Å²) in [5.41, 5.74) is 1.02. The summed E-state index contributed by atoms with van der Waals surface area (Å²) in [5.74, 6) is 0. The van der Waals surface area contributed by atoms with Crippen LogP contribution in [-0.2, 0) is 6.42 Å². The van der Waals surface area contributed by atoms with Crippen LogP contribution < -0.4 is 0 Å². The van der Waals surface area contributed by atoms with Crippen LogP contribution in [0.15, 0.2) is 18.2 Å². The zero-order valence-corrected chi connectivity index (χ0v) is 8.94. The molecule has 0 heterocycles. The molecule has 1 aromatic carbocycles. The van der Waals surface area contributed by atoms with Crippen molar-refractivity contribution in [1.82, 2.24) is 0 Å². The van der Waals surface area contributed by atoms with Crippen molar-refractivity contribution in [2.45, 2.75) is 25.9 Å². The van der Waals surface area contributed by atoms with E-state index in [4.69, 9.17) is 23.2 Å². The Balaban J connectivity index is 2.73. The fraction of sp³-hybridized carbons (Fsp3) is 0.400. The molecule has 72 valence electrons. The molecule has 0 aromatic heterocycles. The highest BCUT2D eigenvalue weighted by molar-refractivity contribution is 6.42. The summed E-state index contributed by atoms with van der Waals surface area (Å²) in [5, 5.41) is 10.5. The minimum atomic E-state index is -0.294. The monoisotopic (exact) mass is 218 g/mol. The lowest BCUT2D eigenvalue weighted by Crippen LogP contribution is -2.08. The van der Waals surface area contributed by atoms with Gasteiger partial charge in [0.2, 0.25) is 0 Å². The van der Waals surface area contributed by atoms with Gasteiger partial charge < -0.3 is 5.11 Å². The summed E-state index contributed by atoms with van der Waals surface area (Å²) >= 11 is 11.6. The topological polar surface area (TPSA) is 20.2 Å². The molecule has 0 unspecified atom stereocenters. The molecular weight excluding hydrogens is 207 g/mol. The summed E-state index contributed by atoms with van der Waals surface area (Å²) < 4.78 is 0. The highest BCUT2D eigenvalue weighted by atomic mass is 35.5. The predicted molar refractivity (Wildman–Crippen MR) is 56.5 cm³/mol. The van der Waals surface area contributed by atoms with Crippen LogP contribution in [0.5, 0.6) is 0 Å². The number of aliphatic hydroxyl groups is 1. The van der Waals surface area contributed by atoms with E-state index in [0.29, 0.717) is 16.5 Å². The van der Waals surface area contributed by atoms with E-state index in [9.17, 15) is 5.11 Å². The second-order valence-corrected chi connectivity index (χ2v) is 3.83. The summed E-state index contributed by atoms with van der Waals surface area (Å²) in [6.45, 7) is 1.95. The average molecular weight is 219 g/mol. The van der Waals surface area contributed by atoms with Crippen molar-refractivity contribution in [3.05, 3.63) is 33.8 Å². The van der Waals surface area contributed by atoms with Gasteiger partial charge in [0, 0.05) is 0 Å². The van der Waals surface area contributed by atoms with Crippen LogP contribution in [-0.4, -0.2) is 11.2 Å². The summed E-state index contributed by atoms with van der Waals surface area (Å²) in [7, 11) is 0. The fourth-order valence-electron chi connectivity index (χ4n) is 1.08. The smallest absolute Gasteiger partial charge is 0.0595 e. The van der Waals surface area contributed by atoms with Crippen LogP contribution in [0.2, 0.25) is 10.0 Å². The molecule has 0 bridgehead atoms. The maximum Gasteiger partial charge on any atom is 0.0595 e. The lowest BCUT2D eigenvalue weighted by Gasteiger charge is -2.07. The minimum Gasteiger partial charge on any atom is -0.393 e. The summed E-state index contributed by atoms with van der Waals surface area (Å²) in [6, 6.07) is 5.43. The second kappa shape index (κ2) is 4.85. The SMILES string of the molecule is CC[C@@H](O)Cc1ccc(Cl)c(Cl)c1. The molecule has 0 radical (unpaired) electrons. The molecule has 0 saturated heterocycles. The predicted octanol–water partition coefficient (Wildman–Crippen LogP) is 3.31. The van der Waals surface area contributed by atoms with Gasteiger partial charge in [-0.05, 0) is 30.5 Å². The molecule has 1 nitrogen and oxygen atoms in total. The van der Waals surface area contributed by atoms with Gasteiger partial charge in [0.15, 0.2) is 0 Å². The van der Waals surface area contributed by atoms with E-state index in [-0.39, 0.29) is 6.10 Å². The van der Waals surface area contributed by atoms with Gasteiger partial charge >= 0.3 is 0 Å². The first-order valence-corrected chi connectivity index (χ1v) is 5.01. The minimum absolute atomic E-state index is 0.294. The highest BCUT2D eigenvalue weighted by Crippen LogP contribution is 2.23. The van der Waals surface area contributed by atoms with E-state index in [2.05, 4.69) is 0 Å². The molecule has 0 fully saturated rings. The quantitative estimate of drug-likeness (QED) is 0.826. The molecule has 0 saturated carbocycles. The maximum atomic E-state index is 9.40. The van der Waals surface area contributed by atoms with Crippen LogP contribution in [0.1, 0.15) is 18.9 Å². The molecule has 0 aliphatic rings. The van der Waals surface area contributed by atoms with Crippen molar-refractivity contribution in [3.63, 3.8) is 0 Å². The van der Waals surface area contributed by atoms with E-state index >= 15 is 0 Å². The molecule has 3 heteroatoms. The van der Waals surface area contributed by atoms with Gasteiger partial charge in [-0.25, -0.2) is 0 Å². The maximum absolute atomic E-state index is 9.40. The van der Waals surface area contributed by atoms with Crippen molar-refractivity contribution in [1.29, 1.82) is 0 Å². The number of benzene rings is 1. The molecular formula is C10H12Cl2O. The first kappa shape index (κ1) is 10.8. The van der Waals surface area contributed by atoms with E-state index in [1.165, 1.54) is 0 Å². The second-order valence-electron chi connectivity index (χ2n) is 3.01. The van der Waals surface area contributed by atoms with Gasteiger partial charge in [0.1, 0.15) is 0 Å². The first-order valence-electron chi connectivity index (χ1n) is 4.25. The van der Waals surface area contributed by atoms with Gasteiger partial charge in [-0.3, -0.25) is 0 Å². The third-order valence-electron chi connectivity index (χ3n) is 1.93. The van der Waals surface area contributed by atoms with Gasteiger partial charge in [0.25, 0.3) is 0 Å². The Morgan fingerprint density at radius 2 is 2.00 bits per heavy atom. The van der Waals surface area contributed by atoms with Gasteiger partial charge in [-0.1, -0.05) is 36.2 Å². The van der Waals surface area contributed by atoms with Crippen LogP contribution >= 0.6 is 23.2 Å². The number of rotatable bonds is 3. The Hall–Kier alpha value is -0.240. The molecule has 13 heavy (non-hydrogen) atoms. The van der Waals surface area contributed by atoms with Gasteiger partial charge in [-0.15, -0.1) is 0 Å². The van der Waals surface area contributed by atoms with Crippen LogP contribution in [0.3, 0.4) is 0 Å². The molecule has 1 N–H and O–H groups in total. The van der Waals surface area contributed by atoms with Crippen LogP contribution in [0.25, 0.3) is 0 Å². The highest BCUT2D eigenvalue weighted by Gasteiger charge is 2.04. The molecule has 0 amide bonds. The van der Waals surface area contributed by atoms with E-state index in [0.717, 1.165) is 12.0 Å². The Labute approximate surface area is 88.3 Å². The molecule has 0 aliphatic heterocycles. The first-order chi connectivity index (χ1) is 6.13. The van der Waals surface area contributed by atoms with E-state index < -0.39 is 0 Å².